The van der Waals surface area contributed by atoms with E-state index in [1.54, 1.807) is 30.0 Å². The van der Waals surface area contributed by atoms with Gasteiger partial charge >= 0.3 is 5.97 Å². The molecular weight excluding hydrogens is 446 g/mol. The third kappa shape index (κ3) is 4.54. The lowest BCUT2D eigenvalue weighted by molar-refractivity contribution is 0.0526. The second-order valence-corrected chi connectivity index (χ2v) is 8.18. The van der Waals surface area contributed by atoms with E-state index in [1.807, 2.05) is 6.92 Å². The number of benzene rings is 1. The van der Waals surface area contributed by atoms with E-state index < -0.39 is 11.9 Å². The van der Waals surface area contributed by atoms with Crippen LogP contribution in [-0.2, 0) is 4.74 Å². The van der Waals surface area contributed by atoms with Crippen LogP contribution in [0.3, 0.4) is 0 Å². The zero-order valence-corrected chi connectivity index (χ0v) is 19.1. The Kier molecular flexibility index (Phi) is 6.60. The van der Waals surface area contributed by atoms with E-state index in [0.29, 0.717) is 23.5 Å². The highest BCUT2D eigenvalue weighted by Crippen LogP contribution is 2.42. The maximum absolute atomic E-state index is 13.0. The Morgan fingerprint density at radius 2 is 2.06 bits per heavy atom. The molecule has 0 saturated carbocycles. The Morgan fingerprint density at radius 3 is 2.85 bits per heavy atom. The monoisotopic (exact) mass is 469 g/mol. The predicted octanol–water partition coefficient (Wildman–Crippen LogP) is 3.64. The SMILES string of the molecule is CCOC(=O)c1cnc(Cl)c2c1N1/C(=N/C(=O)c3cccc(c3)C(=O)NCCCC[C@@H]1C)N2. The summed E-state index contributed by atoms with van der Waals surface area (Å²) in [6.45, 7) is 4.43. The summed E-state index contributed by atoms with van der Waals surface area (Å²) < 4.78 is 5.21. The van der Waals surface area contributed by atoms with Crippen LogP contribution in [0, 0.1) is 0 Å². The van der Waals surface area contributed by atoms with Crippen LogP contribution in [0.5, 0.6) is 0 Å². The lowest BCUT2D eigenvalue weighted by atomic mass is 10.1. The summed E-state index contributed by atoms with van der Waals surface area (Å²) in [4.78, 5) is 48.3. The number of nitrogens with zero attached hydrogens (tertiary/aromatic N) is 3. The first-order valence-corrected chi connectivity index (χ1v) is 11.2. The number of anilines is 2. The summed E-state index contributed by atoms with van der Waals surface area (Å²) in [5.41, 5.74) is 1.79. The number of carbonyl (C=O) groups is 3. The molecule has 2 aliphatic heterocycles. The molecule has 3 heterocycles. The third-order valence-electron chi connectivity index (χ3n) is 5.56. The summed E-state index contributed by atoms with van der Waals surface area (Å²) in [5, 5.41) is 6.11. The Bertz CT molecular complexity index is 1150. The van der Waals surface area contributed by atoms with Gasteiger partial charge in [0.25, 0.3) is 11.8 Å². The quantitative estimate of drug-likeness (QED) is 0.510. The predicted molar refractivity (Wildman–Crippen MR) is 125 cm³/mol. The van der Waals surface area contributed by atoms with Crippen LogP contribution in [0.25, 0.3) is 0 Å². The van der Waals surface area contributed by atoms with Gasteiger partial charge in [0.15, 0.2) is 5.15 Å². The minimum absolute atomic E-state index is 0.137. The topological polar surface area (TPSA) is 113 Å². The fourth-order valence-electron chi connectivity index (χ4n) is 3.94. The molecule has 10 heteroatoms. The van der Waals surface area contributed by atoms with Gasteiger partial charge in [0, 0.05) is 29.9 Å². The van der Waals surface area contributed by atoms with E-state index in [1.165, 1.54) is 12.3 Å². The molecule has 0 unspecified atom stereocenters. The molecule has 0 fully saturated rings. The summed E-state index contributed by atoms with van der Waals surface area (Å²) >= 11 is 6.35. The molecule has 172 valence electrons. The molecule has 1 aromatic heterocycles. The van der Waals surface area contributed by atoms with E-state index in [-0.39, 0.29) is 40.8 Å². The highest BCUT2D eigenvalue weighted by molar-refractivity contribution is 6.36. The summed E-state index contributed by atoms with van der Waals surface area (Å²) in [7, 11) is 0. The lowest BCUT2D eigenvalue weighted by Gasteiger charge is -2.27. The van der Waals surface area contributed by atoms with Crippen molar-refractivity contribution in [1.29, 1.82) is 0 Å². The summed E-state index contributed by atoms with van der Waals surface area (Å²) in [6.07, 6.45) is 3.68. The number of aliphatic imine (C=N–C) groups is 1. The first-order chi connectivity index (χ1) is 15.9. The number of fused-ring (bicyclic) bond motifs is 5. The third-order valence-corrected chi connectivity index (χ3v) is 5.85. The second-order valence-electron chi connectivity index (χ2n) is 7.82. The average Bonchev–Trinajstić information content (AvgIpc) is 3.18. The molecule has 33 heavy (non-hydrogen) atoms. The van der Waals surface area contributed by atoms with Crippen molar-refractivity contribution in [2.75, 3.05) is 23.4 Å². The maximum atomic E-state index is 13.0. The first-order valence-electron chi connectivity index (χ1n) is 10.8. The maximum Gasteiger partial charge on any atom is 0.341 e. The molecule has 2 N–H and O–H groups in total. The Morgan fingerprint density at radius 1 is 1.27 bits per heavy atom. The normalized spacial score (nSPS) is 19.9. The van der Waals surface area contributed by atoms with Crippen LogP contribution in [-0.4, -0.2) is 47.9 Å². The van der Waals surface area contributed by atoms with Gasteiger partial charge in [-0.2, -0.15) is 4.99 Å². The van der Waals surface area contributed by atoms with Crippen molar-refractivity contribution in [3.63, 3.8) is 0 Å². The molecule has 2 aromatic rings. The number of hydrogen-bond acceptors (Lipinski definition) is 7. The molecule has 0 aliphatic carbocycles. The Labute approximate surface area is 196 Å². The van der Waals surface area contributed by atoms with Gasteiger partial charge in [0.2, 0.25) is 5.96 Å². The second kappa shape index (κ2) is 9.58. The zero-order valence-electron chi connectivity index (χ0n) is 18.4. The fraction of sp³-hybridized carbons (Fsp3) is 0.348. The van der Waals surface area contributed by atoms with Gasteiger partial charge in [0.05, 0.1) is 12.3 Å². The van der Waals surface area contributed by atoms with Crippen molar-refractivity contribution in [2.24, 2.45) is 4.99 Å². The highest BCUT2D eigenvalue weighted by atomic mass is 35.5. The highest BCUT2D eigenvalue weighted by Gasteiger charge is 2.36. The van der Waals surface area contributed by atoms with E-state index in [9.17, 15) is 14.4 Å². The minimum atomic E-state index is -0.533. The molecule has 0 saturated heterocycles. The first kappa shape index (κ1) is 22.7. The van der Waals surface area contributed by atoms with Crippen LogP contribution in [0.1, 0.15) is 64.2 Å². The Balaban J connectivity index is 1.83. The average molecular weight is 470 g/mol. The summed E-state index contributed by atoms with van der Waals surface area (Å²) in [5.74, 6) is -1.05. The largest absolute Gasteiger partial charge is 0.462 e. The number of hydrogen-bond donors (Lipinski definition) is 2. The molecule has 2 aliphatic rings. The number of pyridine rings is 1. The molecule has 4 rings (SSSR count). The molecule has 0 radical (unpaired) electrons. The van der Waals surface area contributed by atoms with Crippen molar-refractivity contribution in [3.8, 4) is 0 Å². The smallest absolute Gasteiger partial charge is 0.341 e. The molecule has 2 amide bonds. The van der Waals surface area contributed by atoms with Crippen LogP contribution in [0.4, 0.5) is 11.4 Å². The van der Waals surface area contributed by atoms with E-state index in [0.717, 1.165) is 19.3 Å². The van der Waals surface area contributed by atoms with Crippen LogP contribution in [0.15, 0.2) is 35.5 Å². The van der Waals surface area contributed by atoms with Crippen molar-refractivity contribution in [3.05, 3.63) is 52.3 Å². The number of aromatic nitrogens is 1. The zero-order chi connectivity index (χ0) is 23.5. The van der Waals surface area contributed by atoms with Gasteiger partial charge < -0.3 is 20.3 Å². The van der Waals surface area contributed by atoms with Crippen LogP contribution >= 0.6 is 11.6 Å². The fourth-order valence-corrected chi connectivity index (χ4v) is 4.12. The van der Waals surface area contributed by atoms with Gasteiger partial charge in [-0.25, -0.2) is 9.78 Å². The minimum Gasteiger partial charge on any atom is -0.462 e. The van der Waals surface area contributed by atoms with Gasteiger partial charge in [-0.05, 0) is 51.3 Å². The number of halogens is 1. The van der Waals surface area contributed by atoms with Crippen molar-refractivity contribution in [2.45, 2.75) is 39.2 Å². The number of carbonyl (C=O) groups excluding carboxylic acids is 3. The molecule has 1 atom stereocenters. The van der Waals surface area contributed by atoms with Crippen LogP contribution in [0.2, 0.25) is 5.15 Å². The van der Waals surface area contributed by atoms with E-state index >= 15 is 0 Å². The lowest BCUT2D eigenvalue weighted by Crippen LogP contribution is -2.39. The van der Waals surface area contributed by atoms with Crippen molar-refractivity contribution < 1.29 is 19.1 Å². The number of rotatable bonds is 2. The molecule has 0 spiro atoms. The molecule has 1 aromatic carbocycles. The molecule has 9 nitrogen and oxygen atoms in total. The number of esters is 1. The van der Waals surface area contributed by atoms with E-state index in [4.69, 9.17) is 16.3 Å². The van der Waals surface area contributed by atoms with Crippen molar-refractivity contribution >= 4 is 46.7 Å². The number of nitrogens with one attached hydrogen (secondary N) is 2. The van der Waals surface area contributed by atoms with Crippen molar-refractivity contribution in [1.82, 2.24) is 10.3 Å². The Hall–Kier alpha value is -3.46. The van der Waals surface area contributed by atoms with E-state index in [2.05, 4.69) is 20.6 Å². The number of amides is 2. The van der Waals surface area contributed by atoms with Crippen LogP contribution < -0.4 is 15.5 Å². The molecular formula is C23H24ClN5O4. The molecule has 2 bridgehead atoms. The van der Waals surface area contributed by atoms with Gasteiger partial charge in [-0.15, -0.1) is 0 Å². The van der Waals surface area contributed by atoms with Gasteiger partial charge in [0.1, 0.15) is 11.3 Å². The van der Waals surface area contributed by atoms with Gasteiger partial charge in [-0.1, -0.05) is 17.7 Å². The number of ether oxygens (including phenoxy) is 1. The standard InChI is InChI=1S/C23H24ClN5O4/c1-3-33-22(32)16-12-26-19(24)17-18(16)29-13(2)7-4-5-10-25-20(30)14-8-6-9-15(11-14)21(31)28-23(29)27-17/h6,8-9,11-13H,3-5,7,10H2,1-2H3,(H,25,30)(H,27,28,31)/t13-/m0/s1. The van der Waals surface area contributed by atoms with Gasteiger partial charge in [-0.3, -0.25) is 9.59 Å². The summed E-state index contributed by atoms with van der Waals surface area (Å²) in [6, 6.07) is 6.28. The number of guanidine groups is 1.